The molecule has 0 aromatic heterocycles. The van der Waals surface area contributed by atoms with Crippen molar-refractivity contribution in [2.24, 2.45) is 0 Å². The van der Waals surface area contributed by atoms with Gasteiger partial charge in [-0.2, -0.15) is 5.26 Å². The molecule has 0 aliphatic carbocycles. The first-order chi connectivity index (χ1) is 9.92. The number of nitriles is 1. The maximum Gasteiger partial charge on any atom is 0.326 e. The summed E-state index contributed by atoms with van der Waals surface area (Å²) in [5.41, 5.74) is 0.542. The van der Waals surface area contributed by atoms with Crippen molar-refractivity contribution >= 4 is 33.6 Å². The number of carbonyl (C=O) groups excluding carboxylic acids is 1. The number of aliphatic carboxylic acids is 1. The second kappa shape index (κ2) is 6.11. The van der Waals surface area contributed by atoms with E-state index in [0.717, 1.165) is 4.90 Å². The van der Waals surface area contributed by atoms with Gasteiger partial charge < -0.3 is 20.4 Å². The van der Waals surface area contributed by atoms with Crippen LogP contribution in [0.4, 0.5) is 10.5 Å². The number of halogens is 1. The molecule has 1 fully saturated rings. The second-order valence-electron chi connectivity index (χ2n) is 4.63. The third-order valence-corrected chi connectivity index (χ3v) is 3.66. The number of carboxylic acid groups (broad SMARTS) is 1. The lowest BCUT2D eigenvalue weighted by atomic mass is 10.2. The summed E-state index contributed by atoms with van der Waals surface area (Å²) in [4.78, 5) is 24.3. The summed E-state index contributed by atoms with van der Waals surface area (Å²) >= 11 is 3.24. The topological polar surface area (TPSA) is 114 Å². The van der Waals surface area contributed by atoms with Crippen LogP contribution in [0.15, 0.2) is 22.7 Å². The zero-order valence-corrected chi connectivity index (χ0v) is 12.4. The van der Waals surface area contributed by atoms with Crippen molar-refractivity contribution < 1.29 is 19.8 Å². The van der Waals surface area contributed by atoms with Gasteiger partial charge in [0.25, 0.3) is 0 Å². The van der Waals surface area contributed by atoms with Crippen LogP contribution in [-0.2, 0) is 4.79 Å². The van der Waals surface area contributed by atoms with Gasteiger partial charge in [-0.05, 0) is 18.2 Å². The average Bonchev–Trinajstić information content (AvgIpc) is 2.81. The highest BCUT2D eigenvalue weighted by molar-refractivity contribution is 9.10. The van der Waals surface area contributed by atoms with Crippen molar-refractivity contribution in [2.45, 2.75) is 18.6 Å². The number of urea groups is 1. The highest BCUT2D eigenvalue weighted by atomic mass is 79.9. The quantitative estimate of drug-likeness (QED) is 0.742. The normalized spacial score (nSPS) is 20.9. The predicted molar refractivity (Wildman–Crippen MR) is 76.6 cm³/mol. The molecule has 1 aliphatic heterocycles. The molecule has 0 spiro atoms. The lowest BCUT2D eigenvalue weighted by Crippen LogP contribution is -2.43. The first-order valence-electron chi connectivity index (χ1n) is 6.10. The van der Waals surface area contributed by atoms with Crippen LogP contribution < -0.4 is 5.32 Å². The van der Waals surface area contributed by atoms with Gasteiger partial charge in [0.2, 0.25) is 0 Å². The van der Waals surface area contributed by atoms with Crippen LogP contribution in [0, 0.1) is 11.3 Å². The fraction of sp³-hybridized carbons (Fsp3) is 0.308. The Morgan fingerprint density at radius 2 is 2.19 bits per heavy atom. The Morgan fingerprint density at radius 3 is 2.81 bits per heavy atom. The average molecular weight is 354 g/mol. The fourth-order valence-electron chi connectivity index (χ4n) is 2.18. The first-order valence-corrected chi connectivity index (χ1v) is 6.90. The van der Waals surface area contributed by atoms with Crippen molar-refractivity contribution in [3.8, 4) is 6.07 Å². The van der Waals surface area contributed by atoms with E-state index in [4.69, 9.17) is 10.4 Å². The molecule has 2 unspecified atom stereocenters. The molecule has 2 rings (SSSR count). The summed E-state index contributed by atoms with van der Waals surface area (Å²) < 4.78 is 0.674. The zero-order valence-electron chi connectivity index (χ0n) is 10.8. The molecule has 3 N–H and O–H groups in total. The van der Waals surface area contributed by atoms with E-state index in [1.165, 1.54) is 6.07 Å². The molecular formula is C13H12BrN3O4. The Bertz CT molecular complexity index is 628. The van der Waals surface area contributed by atoms with Gasteiger partial charge in [-0.1, -0.05) is 15.9 Å². The van der Waals surface area contributed by atoms with Gasteiger partial charge in [0, 0.05) is 17.4 Å². The number of carbonyl (C=O) groups is 2. The number of nitrogens with zero attached hydrogens (tertiary/aromatic N) is 2. The molecule has 1 aromatic carbocycles. The maximum atomic E-state index is 12.2. The van der Waals surface area contributed by atoms with E-state index in [9.17, 15) is 14.7 Å². The molecule has 0 saturated carbocycles. The molecule has 21 heavy (non-hydrogen) atoms. The minimum Gasteiger partial charge on any atom is -0.480 e. The van der Waals surface area contributed by atoms with E-state index in [0.29, 0.717) is 4.47 Å². The van der Waals surface area contributed by atoms with Gasteiger partial charge in [-0.25, -0.2) is 9.59 Å². The number of anilines is 1. The number of β-amino-alcohol motifs (C(OH)–C–C–N with tert-alkyl or cyclic N) is 1. The van der Waals surface area contributed by atoms with Crippen molar-refractivity contribution in [1.29, 1.82) is 5.26 Å². The van der Waals surface area contributed by atoms with Gasteiger partial charge >= 0.3 is 12.0 Å². The summed E-state index contributed by atoms with van der Waals surface area (Å²) in [6, 6.07) is 4.96. The van der Waals surface area contributed by atoms with Crippen LogP contribution in [0.3, 0.4) is 0 Å². The monoisotopic (exact) mass is 353 g/mol. The number of nitrogens with one attached hydrogen (secondary N) is 1. The minimum absolute atomic E-state index is 0.00759. The van der Waals surface area contributed by atoms with Crippen LogP contribution in [0.2, 0.25) is 0 Å². The number of hydrogen-bond acceptors (Lipinski definition) is 4. The zero-order chi connectivity index (χ0) is 15.6. The SMILES string of the molecule is N#Cc1ccc(Br)cc1NC(=O)N1CC(O)CC1C(=O)O. The molecule has 2 atom stereocenters. The Balaban J connectivity index is 2.20. The van der Waals surface area contributed by atoms with Crippen molar-refractivity contribution in [1.82, 2.24) is 4.90 Å². The molecule has 2 amide bonds. The molecule has 1 aromatic rings. The molecular weight excluding hydrogens is 342 g/mol. The fourth-order valence-corrected chi connectivity index (χ4v) is 2.54. The number of aliphatic hydroxyl groups excluding tert-OH is 1. The summed E-state index contributed by atoms with van der Waals surface area (Å²) in [5, 5.41) is 30.1. The molecule has 0 bridgehead atoms. The van der Waals surface area contributed by atoms with Crippen molar-refractivity contribution in [3.05, 3.63) is 28.2 Å². The first kappa shape index (κ1) is 15.3. The van der Waals surface area contributed by atoms with Gasteiger partial charge in [0.1, 0.15) is 12.1 Å². The summed E-state index contributed by atoms with van der Waals surface area (Å²) in [6.45, 7) is -0.0569. The third-order valence-electron chi connectivity index (χ3n) is 3.17. The molecule has 7 nitrogen and oxygen atoms in total. The van der Waals surface area contributed by atoms with E-state index in [1.54, 1.807) is 12.1 Å². The Morgan fingerprint density at radius 1 is 1.48 bits per heavy atom. The van der Waals surface area contributed by atoms with E-state index in [1.807, 2.05) is 6.07 Å². The number of hydrogen-bond donors (Lipinski definition) is 3. The number of aliphatic hydroxyl groups is 1. The van der Waals surface area contributed by atoms with E-state index in [2.05, 4.69) is 21.2 Å². The number of benzene rings is 1. The smallest absolute Gasteiger partial charge is 0.326 e. The van der Waals surface area contributed by atoms with Gasteiger partial charge in [0.05, 0.1) is 17.4 Å². The van der Waals surface area contributed by atoms with Crippen LogP contribution in [-0.4, -0.2) is 45.8 Å². The number of rotatable bonds is 2. The lowest BCUT2D eigenvalue weighted by Gasteiger charge is -2.21. The van der Waals surface area contributed by atoms with Crippen molar-refractivity contribution in [3.63, 3.8) is 0 Å². The molecule has 1 saturated heterocycles. The highest BCUT2D eigenvalue weighted by Crippen LogP contribution is 2.23. The van der Waals surface area contributed by atoms with Gasteiger partial charge in [-0.3, -0.25) is 0 Å². The van der Waals surface area contributed by atoms with Gasteiger partial charge in [-0.15, -0.1) is 0 Å². The van der Waals surface area contributed by atoms with Crippen LogP contribution >= 0.6 is 15.9 Å². The molecule has 1 heterocycles. The predicted octanol–water partition coefficient (Wildman–Crippen LogP) is 1.37. The third kappa shape index (κ3) is 3.32. The van der Waals surface area contributed by atoms with E-state index >= 15 is 0 Å². The summed E-state index contributed by atoms with van der Waals surface area (Å²) in [5.74, 6) is -1.17. The second-order valence-corrected chi connectivity index (χ2v) is 5.54. The molecule has 110 valence electrons. The molecule has 8 heteroatoms. The minimum atomic E-state index is -1.17. The lowest BCUT2D eigenvalue weighted by molar-refractivity contribution is -0.141. The van der Waals surface area contributed by atoms with Gasteiger partial charge in [0.15, 0.2) is 0 Å². The highest BCUT2D eigenvalue weighted by Gasteiger charge is 2.39. The van der Waals surface area contributed by atoms with Crippen LogP contribution in [0.5, 0.6) is 0 Å². The molecule has 1 aliphatic rings. The maximum absolute atomic E-state index is 12.2. The van der Waals surface area contributed by atoms with Crippen molar-refractivity contribution in [2.75, 3.05) is 11.9 Å². The standard InChI is InChI=1S/C13H12BrN3O4/c14-8-2-1-7(5-15)10(3-8)16-13(21)17-6-9(18)4-11(17)12(19)20/h1-3,9,11,18H,4,6H2,(H,16,21)(H,19,20). The number of carboxylic acids is 1. The number of amides is 2. The Labute approximate surface area is 128 Å². The Kier molecular flexibility index (Phi) is 4.45. The van der Waals surface area contributed by atoms with Crippen LogP contribution in [0.1, 0.15) is 12.0 Å². The largest absolute Gasteiger partial charge is 0.480 e. The van der Waals surface area contributed by atoms with Crippen LogP contribution in [0.25, 0.3) is 0 Å². The van der Waals surface area contributed by atoms with E-state index in [-0.39, 0.29) is 24.2 Å². The Hall–Kier alpha value is -2.11. The molecule has 0 radical (unpaired) electrons. The van der Waals surface area contributed by atoms with E-state index < -0.39 is 24.1 Å². The number of likely N-dealkylation sites (tertiary alicyclic amines) is 1. The summed E-state index contributed by atoms with van der Waals surface area (Å²) in [6.07, 6.45) is -0.874. The summed E-state index contributed by atoms with van der Waals surface area (Å²) in [7, 11) is 0.